The van der Waals surface area contributed by atoms with E-state index in [2.05, 4.69) is 10.0 Å². The highest BCUT2D eigenvalue weighted by Crippen LogP contribution is 2.15. The van der Waals surface area contributed by atoms with E-state index in [0.717, 1.165) is 23.2 Å². The van der Waals surface area contributed by atoms with Crippen molar-refractivity contribution in [3.8, 4) is 0 Å². The molecule has 1 rings (SSSR count). The van der Waals surface area contributed by atoms with E-state index in [1.807, 2.05) is 37.3 Å². The van der Waals surface area contributed by atoms with Crippen molar-refractivity contribution in [2.24, 2.45) is 5.11 Å². The quantitative estimate of drug-likeness (QED) is 0.263. The minimum absolute atomic E-state index is 0.485. The molecule has 0 saturated heterocycles. The van der Waals surface area contributed by atoms with Crippen LogP contribution in [-0.2, 0) is 0 Å². The Morgan fingerprint density at radius 3 is 3.00 bits per heavy atom. The first-order valence-corrected chi connectivity index (χ1v) is 4.77. The van der Waals surface area contributed by atoms with Crippen LogP contribution in [0.4, 0.5) is 5.69 Å². The fourth-order valence-corrected chi connectivity index (χ4v) is 1.23. The molecule has 0 atom stereocenters. The van der Waals surface area contributed by atoms with E-state index in [1.165, 1.54) is 0 Å². The molecule has 0 saturated carbocycles. The lowest BCUT2D eigenvalue weighted by Crippen LogP contribution is -1.89. The van der Waals surface area contributed by atoms with Gasteiger partial charge in [-0.1, -0.05) is 29.4 Å². The first kappa shape index (κ1) is 11.1. The maximum Gasteiger partial charge on any atom is 0.0390 e. The van der Waals surface area contributed by atoms with Gasteiger partial charge in [0.25, 0.3) is 0 Å². The molecule has 0 spiro atoms. The molecule has 0 aromatic heterocycles. The lowest BCUT2D eigenvalue weighted by molar-refractivity contribution is 0.996. The van der Waals surface area contributed by atoms with Crippen LogP contribution in [-0.4, -0.2) is 6.54 Å². The molecule has 78 valence electrons. The van der Waals surface area contributed by atoms with E-state index in [4.69, 9.17) is 11.3 Å². The van der Waals surface area contributed by atoms with Gasteiger partial charge in [0.05, 0.1) is 0 Å². The van der Waals surface area contributed by atoms with Crippen LogP contribution in [0.2, 0.25) is 0 Å². The van der Waals surface area contributed by atoms with Crippen LogP contribution in [0.1, 0.15) is 17.5 Å². The average molecular weight is 202 g/mol. The van der Waals surface area contributed by atoms with Gasteiger partial charge in [-0.2, -0.15) is 0 Å². The number of hydrogen-bond donors (Lipinski definition) is 1. The summed E-state index contributed by atoms with van der Waals surface area (Å²) in [6.45, 7) is 2.49. The molecule has 0 aliphatic rings. The lowest BCUT2D eigenvalue weighted by Gasteiger charge is -2.00. The first-order valence-electron chi connectivity index (χ1n) is 4.77. The van der Waals surface area contributed by atoms with Crippen molar-refractivity contribution in [1.29, 1.82) is 0 Å². The molecule has 0 radical (unpaired) electrons. The van der Waals surface area contributed by atoms with Gasteiger partial charge < -0.3 is 5.73 Å². The molecule has 1 aromatic carbocycles. The summed E-state index contributed by atoms with van der Waals surface area (Å²) in [7, 11) is 0. The van der Waals surface area contributed by atoms with Gasteiger partial charge in [-0.05, 0) is 36.1 Å². The number of anilines is 1. The summed E-state index contributed by atoms with van der Waals surface area (Å²) in [5.74, 6) is 0. The molecule has 0 aliphatic carbocycles. The molecule has 4 heteroatoms. The zero-order chi connectivity index (χ0) is 11.1. The Morgan fingerprint density at radius 1 is 1.53 bits per heavy atom. The summed E-state index contributed by atoms with van der Waals surface area (Å²) in [4.78, 5) is 2.68. The van der Waals surface area contributed by atoms with Crippen LogP contribution in [0.5, 0.6) is 0 Å². The minimum atomic E-state index is 0.485. The molecule has 4 nitrogen and oxygen atoms in total. The Labute approximate surface area is 89.0 Å². The third kappa shape index (κ3) is 3.75. The molecule has 0 heterocycles. The lowest BCUT2D eigenvalue weighted by atomic mass is 10.1. The molecular formula is C11H14N4. The second kappa shape index (κ2) is 5.73. The van der Waals surface area contributed by atoms with E-state index >= 15 is 0 Å². The molecule has 0 fully saturated rings. The summed E-state index contributed by atoms with van der Waals surface area (Å²) in [6, 6.07) is 5.94. The predicted molar refractivity (Wildman–Crippen MR) is 63.3 cm³/mol. The molecule has 1 aromatic rings. The fraction of sp³-hybridized carbons (Fsp3) is 0.273. The number of benzene rings is 1. The van der Waals surface area contributed by atoms with Gasteiger partial charge in [0.15, 0.2) is 0 Å². The van der Waals surface area contributed by atoms with Crippen molar-refractivity contribution >= 4 is 11.8 Å². The Balaban J connectivity index is 2.60. The van der Waals surface area contributed by atoms with Crippen molar-refractivity contribution < 1.29 is 0 Å². The zero-order valence-corrected chi connectivity index (χ0v) is 8.72. The Morgan fingerprint density at radius 2 is 2.33 bits per heavy atom. The summed E-state index contributed by atoms with van der Waals surface area (Å²) in [5, 5.41) is 3.44. The molecule has 0 amide bonds. The van der Waals surface area contributed by atoms with Gasteiger partial charge in [-0.15, -0.1) is 0 Å². The number of hydrogen-bond acceptors (Lipinski definition) is 2. The van der Waals surface area contributed by atoms with Crippen LogP contribution >= 0.6 is 0 Å². The van der Waals surface area contributed by atoms with Crippen molar-refractivity contribution in [3.05, 3.63) is 45.8 Å². The maximum atomic E-state index is 8.07. The second-order valence-electron chi connectivity index (χ2n) is 3.28. The highest BCUT2D eigenvalue weighted by atomic mass is 15.1. The van der Waals surface area contributed by atoms with Gasteiger partial charge in [0, 0.05) is 17.1 Å². The van der Waals surface area contributed by atoms with E-state index in [-0.39, 0.29) is 0 Å². The smallest absolute Gasteiger partial charge is 0.0390 e. The van der Waals surface area contributed by atoms with Gasteiger partial charge in [0.2, 0.25) is 0 Å². The van der Waals surface area contributed by atoms with Crippen LogP contribution in [0, 0.1) is 6.92 Å². The van der Waals surface area contributed by atoms with Gasteiger partial charge in [0.1, 0.15) is 0 Å². The standard InChI is InChI=1S/C11H14N4/c1-9-5-6-10(11(12)8-9)4-2-3-7-14-15-13/h2,4-6,8H,3,7,12H2,1H3. The zero-order valence-electron chi connectivity index (χ0n) is 8.72. The van der Waals surface area contributed by atoms with E-state index in [1.54, 1.807) is 0 Å². The molecule has 15 heavy (non-hydrogen) atoms. The highest BCUT2D eigenvalue weighted by molar-refractivity contribution is 5.65. The van der Waals surface area contributed by atoms with Crippen LogP contribution in [0.25, 0.3) is 16.5 Å². The minimum Gasteiger partial charge on any atom is -0.398 e. The number of nitrogens with zero attached hydrogens (tertiary/aromatic N) is 3. The average Bonchev–Trinajstić information content (AvgIpc) is 2.20. The number of aryl methyl sites for hydroxylation is 1. The van der Waals surface area contributed by atoms with Crippen LogP contribution < -0.4 is 5.73 Å². The molecule has 0 bridgehead atoms. The third-order valence-corrected chi connectivity index (χ3v) is 2.00. The third-order valence-electron chi connectivity index (χ3n) is 2.00. The topological polar surface area (TPSA) is 74.8 Å². The van der Waals surface area contributed by atoms with Gasteiger partial charge in [-0.3, -0.25) is 0 Å². The Hall–Kier alpha value is -1.93. The van der Waals surface area contributed by atoms with Crippen molar-refractivity contribution in [2.75, 3.05) is 12.3 Å². The summed E-state index contributed by atoms with van der Waals surface area (Å²) in [5.41, 5.74) is 16.8. The Kier molecular flexibility index (Phi) is 4.26. The molecule has 2 N–H and O–H groups in total. The van der Waals surface area contributed by atoms with E-state index in [0.29, 0.717) is 6.54 Å². The summed E-state index contributed by atoms with van der Waals surface area (Å²) >= 11 is 0. The second-order valence-corrected chi connectivity index (χ2v) is 3.28. The molecular weight excluding hydrogens is 188 g/mol. The van der Waals surface area contributed by atoms with Crippen molar-refractivity contribution in [3.63, 3.8) is 0 Å². The summed E-state index contributed by atoms with van der Waals surface area (Å²) in [6.07, 6.45) is 4.63. The SMILES string of the molecule is Cc1ccc(C=CCCN=[N+]=[N-])c(N)c1. The van der Waals surface area contributed by atoms with Gasteiger partial charge >= 0.3 is 0 Å². The highest BCUT2D eigenvalue weighted by Gasteiger charge is 1.93. The number of nitrogens with two attached hydrogens (primary N) is 1. The van der Waals surface area contributed by atoms with Gasteiger partial charge in [-0.25, -0.2) is 0 Å². The number of azide groups is 1. The van der Waals surface area contributed by atoms with Crippen molar-refractivity contribution in [1.82, 2.24) is 0 Å². The predicted octanol–water partition coefficient (Wildman–Crippen LogP) is 3.29. The molecule has 0 aliphatic heterocycles. The largest absolute Gasteiger partial charge is 0.398 e. The van der Waals surface area contributed by atoms with E-state index in [9.17, 15) is 0 Å². The van der Waals surface area contributed by atoms with Crippen LogP contribution in [0.3, 0.4) is 0 Å². The fourth-order valence-electron chi connectivity index (χ4n) is 1.23. The summed E-state index contributed by atoms with van der Waals surface area (Å²) < 4.78 is 0. The van der Waals surface area contributed by atoms with Crippen molar-refractivity contribution in [2.45, 2.75) is 13.3 Å². The molecule has 0 unspecified atom stereocenters. The Bertz CT molecular complexity index is 403. The first-order chi connectivity index (χ1) is 7.24. The normalized spacial score (nSPS) is 10.2. The number of nitrogen functional groups attached to an aromatic ring is 1. The monoisotopic (exact) mass is 202 g/mol. The van der Waals surface area contributed by atoms with Crippen LogP contribution in [0.15, 0.2) is 29.4 Å². The number of rotatable bonds is 4. The van der Waals surface area contributed by atoms with E-state index < -0.39 is 0 Å². The maximum absolute atomic E-state index is 8.07.